The van der Waals surface area contributed by atoms with E-state index < -0.39 is 0 Å². The van der Waals surface area contributed by atoms with E-state index in [4.69, 9.17) is 22.1 Å². The molecule has 0 bridgehead atoms. The summed E-state index contributed by atoms with van der Waals surface area (Å²) in [5.74, 6) is 1.30. The van der Waals surface area contributed by atoms with Gasteiger partial charge in [0.2, 0.25) is 5.88 Å². The van der Waals surface area contributed by atoms with Crippen molar-refractivity contribution in [2.45, 2.75) is 26.8 Å². The first-order valence-electron chi connectivity index (χ1n) is 7.88. The lowest BCUT2D eigenvalue weighted by Crippen LogP contribution is -2.33. The monoisotopic (exact) mass is 494 g/mol. The van der Waals surface area contributed by atoms with Crippen LogP contribution in [0.3, 0.4) is 0 Å². The molecule has 2 aromatic rings. The zero-order valence-electron chi connectivity index (χ0n) is 14.4. The van der Waals surface area contributed by atoms with Crippen molar-refractivity contribution in [2.24, 2.45) is 16.6 Å². The van der Waals surface area contributed by atoms with Crippen molar-refractivity contribution in [2.75, 3.05) is 13.2 Å². The molecule has 0 radical (unpaired) electrons. The highest BCUT2D eigenvalue weighted by molar-refractivity contribution is 14.0. The largest absolute Gasteiger partial charge is 0.476 e. The SMILES string of the molecule is CC(C)COc1ncc(CN=C(N)NCCc2cccs2)cc1Cl.I. The van der Waals surface area contributed by atoms with E-state index in [1.807, 2.05) is 12.1 Å². The normalized spacial score (nSPS) is 11.3. The third kappa shape index (κ3) is 8.24. The van der Waals surface area contributed by atoms with Crippen molar-refractivity contribution in [1.82, 2.24) is 10.3 Å². The molecule has 0 aromatic carbocycles. The summed E-state index contributed by atoms with van der Waals surface area (Å²) in [6, 6.07) is 5.96. The lowest BCUT2D eigenvalue weighted by atomic mass is 10.2. The molecular formula is C17H24ClIN4OS. The van der Waals surface area contributed by atoms with Gasteiger partial charge in [-0.1, -0.05) is 31.5 Å². The molecule has 0 aliphatic carbocycles. The van der Waals surface area contributed by atoms with Crippen molar-refractivity contribution in [3.05, 3.63) is 45.2 Å². The number of nitrogens with zero attached hydrogens (tertiary/aromatic N) is 2. The summed E-state index contributed by atoms with van der Waals surface area (Å²) in [6.45, 7) is 5.92. The fourth-order valence-corrected chi connectivity index (χ4v) is 2.86. The summed E-state index contributed by atoms with van der Waals surface area (Å²) >= 11 is 7.93. The molecule has 2 heterocycles. The molecule has 2 rings (SSSR count). The van der Waals surface area contributed by atoms with Crippen LogP contribution in [0.2, 0.25) is 5.02 Å². The van der Waals surface area contributed by atoms with E-state index in [1.165, 1.54) is 4.88 Å². The molecular weight excluding hydrogens is 471 g/mol. The Kier molecular flexibility index (Phi) is 10.1. The Morgan fingerprint density at radius 3 is 2.92 bits per heavy atom. The van der Waals surface area contributed by atoms with Gasteiger partial charge in [0, 0.05) is 17.6 Å². The Morgan fingerprint density at radius 1 is 1.48 bits per heavy atom. The summed E-state index contributed by atoms with van der Waals surface area (Å²) in [5.41, 5.74) is 6.76. The fraction of sp³-hybridized carbons (Fsp3) is 0.412. The minimum atomic E-state index is 0. The van der Waals surface area contributed by atoms with Crippen LogP contribution in [0.15, 0.2) is 34.8 Å². The van der Waals surface area contributed by atoms with Crippen molar-refractivity contribution < 1.29 is 4.74 Å². The van der Waals surface area contributed by atoms with Crippen LogP contribution in [0.1, 0.15) is 24.3 Å². The summed E-state index contributed by atoms with van der Waals surface area (Å²) in [6.07, 6.45) is 2.65. The smallest absolute Gasteiger partial charge is 0.232 e. The second-order valence-corrected chi connectivity index (χ2v) is 7.23. The van der Waals surface area contributed by atoms with Gasteiger partial charge in [-0.3, -0.25) is 0 Å². The number of nitrogens with two attached hydrogens (primary N) is 1. The van der Waals surface area contributed by atoms with Crippen molar-refractivity contribution in [3.63, 3.8) is 0 Å². The minimum Gasteiger partial charge on any atom is -0.476 e. The summed E-state index contributed by atoms with van der Waals surface area (Å²) in [5, 5.41) is 5.67. The Balaban J connectivity index is 0.00000312. The number of hydrogen-bond donors (Lipinski definition) is 2. The van der Waals surface area contributed by atoms with E-state index in [-0.39, 0.29) is 24.0 Å². The van der Waals surface area contributed by atoms with Gasteiger partial charge in [0.25, 0.3) is 0 Å². The van der Waals surface area contributed by atoms with Crippen LogP contribution >= 0.6 is 46.9 Å². The number of pyridine rings is 1. The molecule has 8 heteroatoms. The molecule has 0 saturated heterocycles. The topological polar surface area (TPSA) is 72.5 Å². The van der Waals surface area contributed by atoms with Gasteiger partial charge in [-0.05, 0) is 35.4 Å². The van der Waals surface area contributed by atoms with Gasteiger partial charge in [0.1, 0.15) is 5.02 Å². The molecule has 3 N–H and O–H groups in total. The van der Waals surface area contributed by atoms with Crippen LogP contribution < -0.4 is 15.8 Å². The highest BCUT2D eigenvalue weighted by atomic mass is 127. The average molecular weight is 495 g/mol. The highest BCUT2D eigenvalue weighted by Crippen LogP contribution is 2.23. The maximum Gasteiger partial charge on any atom is 0.232 e. The molecule has 0 aliphatic heterocycles. The molecule has 0 atom stereocenters. The molecule has 0 fully saturated rings. The van der Waals surface area contributed by atoms with Crippen LogP contribution in [0.25, 0.3) is 0 Å². The van der Waals surface area contributed by atoms with Gasteiger partial charge in [-0.15, -0.1) is 35.3 Å². The summed E-state index contributed by atoms with van der Waals surface area (Å²) in [7, 11) is 0. The zero-order chi connectivity index (χ0) is 17.4. The second-order valence-electron chi connectivity index (χ2n) is 5.79. The van der Waals surface area contributed by atoms with Gasteiger partial charge < -0.3 is 15.8 Å². The lowest BCUT2D eigenvalue weighted by molar-refractivity contribution is 0.261. The number of aliphatic imine (C=N–C) groups is 1. The molecule has 5 nitrogen and oxygen atoms in total. The van der Waals surface area contributed by atoms with Gasteiger partial charge >= 0.3 is 0 Å². The molecule has 0 spiro atoms. The maximum atomic E-state index is 6.19. The first-order chi connectivity index (χ1) is 11.5. The first kappa shape index (κ1) is 22.0. The van der Waals surface area contributed by atoms with Crippen molar-refractivity contribution in [1.29, 1.82) is 0 Å². The highest BCUT2D eigenvalue weighted by Gasteiger charge is 2.06. The van der Waals surface area contributed by atoms with Crippen LogP contribution in [0, 0.1) is 5.92 Å². The van der Waals surface area contributed by atoms with E-state index in [1.54, 1.807) is 17.5 Å². The third-order valence-electron chi connectivity index (χ3n) is 3.11. The predicted octanol–water partition coefficient (Wildman–Crippen LogP) is 4.10. The van der Waals surface area contributed by atoms with Crippen LogP contribution in [-0.4, -0.2) is 24.1 Å². The number of halogens is 2. The predicted molar refractivity (Wildman–Crippen MR) is 116 cm³/mol. The van der Waals surface area contributed by atoms with E-state index in [0.717, 1.165) is 18.5 Å². The Hall–Kier alpha value is -1.06. The number of hydrogen-bond acceptors (Lipinski definition) is 4. The second kappa shape index (κ2) is 11.5. The summed E-state index contributed by atoms with van der Waals surface area (Å²) in [4.78, 5) is 9.87. The van der Waals surface area contributed by atoms with Gasteiger partial charge in [0.15, 0.2) is 5.96 Å². The van der Waals surface area contributed by atoms with E-state index in [2.05, 4.69) is 40.6 Å². The maximum absolute atomic E-state index is 6.19. The number of thiophene rings is 1. The molecule has 25 heavy (non-hydrogen) atoms. The van der Waals surface area contributed by atoms with Gasteiger partial charge in [-0.25, -0.2) is 9.98 Å². The average Bonchev–Trinajstić information content (AvgIpc) is 3.05. The number of rotatable bonds is 8. The van der Waals surface area contributed by atoms with Crippen LogP contribution in [0.4, 0.5) is 0 Å². The Labute approximate surface area is 175 Å². The Bertz CT molecular complexity index is 665. The molecule has 0 aliphatic rings. The standard InChI is InChI=1S/C17H23ClN4OS.HI/c1-12(2)11-23-16-15(18)8-13(9-21-16)10-22-17(19)20-6-5-14-4-3-7-24-14;/h3-4,7-9,12H,5-6,10-11H2,1-2H3,(H3,19,20,22);1H. The molecule has 2 aromatic heterocycles. The fourth-order valence-electron chi connectivity index (χ4n) is 1.90. The van der Waals surface area contributed by atoms with Crippen molar-refractivity contribution in [3.8, 4) is 5.88 Å². The minimum absolute atomic E-state index is 0. The van der Waals surface area contributed by atoms with Crippen LogP contribution in [0.5, 0.6) is 5.88 Å². The Morgan fingerprint density at radius 2 is 2.28 bits per heavy atom. The number of nitrogens with one attached hydrogen (secondary N) is 1. The first-order valence-corrected chi connectivity index (χ1v) is 9.13. The number of guanidine groups is 1. The van der Waals surface area contributed by atoms with E-state index in [0.29, 0.717) is 35.9 Å². The molecule has 0 unspecified atom stereocenters. The molecule has 138 valence electrons. The van der Waals surface area contributed by atoms with E-state index >= 15 is 0 Å². The zero-order valence-corrected chi connectivity index (χ0v) is 18.3. The van der Waals surface area contributed by atoms with Gasteiger partial charge in [0.05, 0.1) is 13.2 Å². The van der Waals surface area contributed by atoms with Crippen molar-refractivity contribution >= 4 is 52.9 Å². The van der Waals surface area contributed by atoms with E-state index in [9.17, 15) is 0 Å². The number of ether oxygens (including phenoxy) is 1. The quantitative estimate of drug-likeness (QED) is 0.329. The molecule has 0 amide bonds. The van der Waals surface area contributed by atoms with Gasteiger partial charge in [-0.2, -0.15) is 0 Å². The lowest BCUT2D eigenvalue weighted by Gasteiger charge is -2.10. The molecule has 0 saturated carbocycles. The number of aromatic nitrogens is 1. The summed E-state index contributed by atoms with van der Waals surface area (Å²) < 4.78 is 5.55. The third-order valence-corrected chi connectivity index (χ3v) is 4.31. The van der Waals surface area contributed by atoms with Crippen LogP contribution in [-0.2, 0) is 13.0 Å².